The number of halogens is 1. The van der Waals surface area contributed by atoms with Gasteiger partial charge >= 0.3 is 0 Å². The lowest BCUT2D eigenvalue weighted by molar-refractivity contribution is 0.0894. The van der Waals surface area contributed by atoms with E-state index in [0.717, 1.165) is 3.57 Å². The molecule has 0 N–H and O–H groups in total. The molecule has 0 aliphatic carbocycles. The molecule has 3 nitrogen and oxygen atoms in total. The highest BCUT2D eigenvalue weighted by atomic mass is 127. The second-order valence-corrected chi connectivity index (χ2v) is 5.01. The Kier molecular flexibility index (Phi) is 4.19. The van der Waals surface area contributed by atoms with E-state index in [1.807, 2.05) is 12.1 Å². The van der Waals surface area contributed by atoms with Crippen LogP contribution in [0, 0.1) is 3.57 Å². The van der Waals surface area contributed by atoms with Crippen LogP contribution < -0.4 is 0 Å². The Balaban J connectivity index is 2.08. The fraction of sp³-hybridized carbons (Fsp3) is 0.0714. The average molecular weight is 351 g/mol. The SMILES string of the molecule is O=C(CC(=O)c1ccc(I)cc1)c1ccncc1. The Morgan fingerprint density at radius 3 is 1.94 bits per heavy atom. The van der Waals surface area contributed by atoms with Gasteiger partial charge in [-0.3, -0.25) is 14.6 Å². The highest BCUT2D eigenvalue weighted by molar-refractivity contribution is 14.1. The van der Waals surface area contributed by atoms with E-state index in [1.165, 1.54) is 0 Å². The Bertz CT molecular complexity index is 564. The van der Waals surface area contributed by atoms with Crippen molar-refractivity contribution in [1.82, 2.24) is 4.98 Å². The molecule has 0 bridgehead atoms. The third-order valence-corrected chi connectivity index (χ3v) is 3.21. The summed E-state index contributed by atoms with van der Waals surface area (Å²) in [7, 11) is 0. The van der Waals surface area contributed by atoms with E-state index in [-0.39, 0.29) is 18.0 Å². The Morgan fingerprint density at radius 1 is 0.889 bits per heavy atom. The van der Waals surface area contributed by atoms with E-state index in [0.29, 0.717) is 11.1 Å². The first-order chi connectivity index (χ1) is 8.66. The van der Waals surface area contributed by atoms with Crippen molar-refractivity contribution in [1.29, 1.82) is 0 Å². The number of carbonyl (C=O) groups excluding carboxylic acids is 2. The van der Waals surface area contributed by atoms with Crippen molar-refractivity contribution in [2.75, 3.05) is 0 Å². The molecule has 0 amide bonds. The molecule has 0 spiro atoms. The average Bonchev–Trinajstić information content (AvgIpc) is 2.40. The zero-order valence-corrected chi connectivity index (χ0v) is 11.6. The third kappa shape index (κ3) is 3.22. The molecule has 2 rings (SSSR count). The first-order valence-electron chi connectivity index (χ1n) is 5.39. The molecule has 1 heterocycles. The molecule has 1 aromatic carbocycles. The van der Waals surface area contributed by atoms with Gasteiger partial charge in [-0.25, -0.2) is 0 Å². The molecular weight excluding hydrogens is 341 g/mol. The number of nitrogens with zero attached hydrogens (tertiary/aromatic N) is 1. The lowest BCUT2D eigenvalue weighted by atomic mass is 10.0. The van der Waals surface area contributed by atoms with Gasteiger partial charge in [-0.05, 0) is 46.9 Å². The number of benzene rings is 1. The smallest absolute Gasteiger partial charge is 0.170 e. The minimum absolute atomic E-state index is 0.107. The van der Waals surface area contributed by atoms with Crippen molar-refractivity contribution < 1.29 is 9.59 Å². The molecule has 0 saturated heterocycles. The summed E-state index contributed by atoms with van der Waals surface area (Å²) in [6.45, 7) is 0. The molecule has 0 radical (unpaired) electrons. The third-order valence-electron chi connectivity index (χ3n) is 2.49. The van der Waals surface area contributed by atoms with Crippen molar-refractivity contribution in [3.63, 3.8) is 0 Å². The predicted octanol–water partition coefficient (Wildman–Crippen LogP) is 3.14. The van der Waals surface area contributed by atoms with Gasteiger partial charge in [0.2, 0.25) is 0 Å². The Hall–Kier alpha value is -1.56. The van der Waals surface area contributed by atoms with E-state index in [2.05, 4.69) is 27.6 Å². The number of aromatic nitrogens is 1. The van der Waals surface area contributed by atoms with Crippen LogP contribution in [0.15, 0.2) is 48.8 Å². The largest absolute Gasteiger partial charge is 0.294 e. The monoisotopic (exact) mass is 351 g/mol. The van der Waals surface area contributed by atoms with E-state index < -0.39 is 0 Å². The second-order valence-electron chi connectivity index (χ2n) is 3.77. The molecule has 4 heteroatoms. The number of hydrogen-bond donors (Lipinski definition) is 0. The molecule has 0 aliphatic heterocycles. The molecule has 0 saturated carbocycles. The maximum atomic E-state index is 11.9. The summed E-state index contributed by atoms with van der Waals surface area (Å²) in [6, 6.07) is 10.4. The molecule has 1 aromatic heterocycles. The van der Waals surface area contributed by atoms with Gasteiger partial charge in [-0.15, -0.1) is 0 Å². The van der Waals surface area contributed by atoms with E-state index in [4.69, 9.17) is 0 Å². The molecule has 2 aromatic rings. The number of pyridine rings is 1. The standard InChI is InChI=1S/C14H10INO2/c15-12-3-1-10(2-4-12)13(17)9-14(18)11-5-7-16-8-6-11/h1-8H,9H2. The maximum Gasteiger partial charge on any atom is 0.170 e. The molecule has 0 atom stereocenters. The van der Waals surface area contributed by atoms with Crippen molar-refractivity contribution in [2.24, 2.45) is 0 Å². The highest BCUT2D eigenvalue weighted by Gasteiger charge is 2.13. The van der Waals surface area contributed by atoms with Crippen LogP contribution in [0.25, 0.3) is 0 Å². The van der Waals surface area contributed by atoms with Gasteiger partial charge in [0, 0.05) is 27.1 Å². The van der Waals surface area contributed by atoms with Crippen LogP contribution in [-0.4, -0.2) is 16.6 Å². The Labute approximate surface area is 118 Å². The predicted molar refractivity (Wildman–Crippen MR) is 76.7 cm³/mol. The summed E-state index contributed by atoms with van der Waals surface area (Å²) in [6.07, 6.45) is 2.98. The number of carbonyl (C=O) groups is 2. The lowest BCUT2D eigenvalue weighted by Gasteiger charge is -2.01. The van der Waals surface area contributed by atoms with Crippen LogP contribution in [0.3, 0.4) is 0 Å². The topological polar surface area (TPSA) is 47.0 Å². The molecule has 18 heavy (non-hydrogen) atoms. The molecule has 0 unspecified atom stereocenters. The summed E-state index contributed by atoms with van der Waals surface area (Å²) >= 11 is 2.17. The zero-order chi connectivity index (χ0) is 13.0. The first-order valence-corrected chi connectivity index (χ1v) is 6.46. The van der Waals surface area contributed by atoms with Crippen LogP contribution in [-0.2, 0) is 0 Å². The normalized spacial score (nSPS) is 10.1. The van der Waals surface area contributed by atoms with Crippen LogP contribution in [0.1, 0.15) is 27.1 Å². The summed E-state index contributed by atoms with van der Waals surface area (Å²) in [5.74, 6) is -0.339. The Morgan fingerprint density at radius 2 is 1.39 bits per heavy atom. The number of hydrogen-bond acceptors (Lipinski definition) is 3. The van der Waals surface area contributed by atoms with Gasteiger partial charge in [0.15, 0.2) is 11.6 Å². The summed E-state index contributed by atoms with van der Waals surface area (Å²) < 4.78 is 1.06. The fourth-order valence-corrected chi connectivity index (χ4v) is 1.88. The summed E-state index contributed by atoms with van der Waals surface area (Å²) in [5, 5.41) is 0. The van der Waals surface area contributed by atoms with Gasteiger partial charge in [0.1, 0.15) is 0 Å². The lowest BCUT2D eigenvalue weighted by Crippen LogP contribution is -2.08. The molecule has 0 fully saturated rings. The van der Waals surface area contributed by atoms with Crippen LogP contribution in [0.4, 0.5) is 0 Å². The van der Waals surface area contributed by atoms with Crippen molar-refractivity contribution >= 4 is 34.2 Å². The maximum absolute atomic E-state index is 11.9. The number of rotatable bonds is 4. The number of ketones is 2. The van der Waals surface area contributed by atoms with Gasteiger partial charge in [-0.1, -0.05) is 12.1 Å². The molecule has 90 valence electrons. The fourth-order valence-electron chi connectivity index (χ4n) is 1.52. The van der Waals surface area contributed by atoms with Crippen LogP contribution in [0.5, 0.6) is 0 Å². The minimum Gasteiger partial charge on any atom is -0.294 e. The van der Waals surface area contributed by atoms with Crippen LogP contribution in [0.2, 0.25) is 0 Å². The van der Waals surface area contributed by atoms with Gasteiger partial charge < -0.3 is 0 Å². The van der Waals surface area contributed by atoms with Crippen LogP contribution >= 0.6 is 22.6 Å². The molecule has 0 aliphatic rings. The van der Waals surface area contributed by atoms with Crippen molar-refractivity contribution in [2.45, 2.75) is 6.42 Å². The van der Waals surface area contributed by atoms with E-state index >= 15 is 0 Å². The zero-order valence-electron chi connectivity index (χ0n) is 9.47. The number of Topliss-reactive ketones (excluding diaryl/α,β-unsaturated/α-hetero) is 2. The minimum atomic E-state index is -0.180. The quantitative estimate of drug-likeness (QED) is 0.483. The first kappa shape index (κ1) is 12.9. The van der Waals surface area contributed by atoms with Gasteiger partial charge in [-0.2, -0.15) is 0 Å². The van der Waals surface area contributed by atoms with Gasteiger partial charge in [0.25, 0.3) is 0 Å². The highest BCUT2D eigenvalue weighted by Crippen LogP contribution is 2.11. The van der Waals surface area contributed by atoms with Gasteiger partial charge in [0.05, 0.1) is 6.42 Å². The summed E-state index contributed by atoms with van der Waals surface area (Å²) in [4.78, 5) is 27.6. The van der Waals surface area contributed by atoms with Crippen molar-refractivity contribution in [3.8, 4) is 0 Å². The summed E-state index contributed by atoms with van der Waals surface area (Å²) in [5.41, 5.74) is 1.08. The molecular formula is C14H10INO2. The van der Waals surface area contributed by atoms with E-state index in [9.17, 15) is 9.59 Å². The second kappa shape index (κ2) is 5.86. The van der Waals surface area contributed by atoms with E-state index in [1.54, 1.807) is 36.7 Å². The van der Waals surface area contributed by atoms with Crippen molar-refractivity contribution in [3.05, 3.63) is 63.5 Å².